The van der Waals surface area contributed by atoms with Crippen LogP contribution < -0.4 is 5.32 Å². The summed E-state index contributed by atoms with van der Waals surface area (Å²) in [5, 5.41) is 11.7. The second-order valence-corrected chi connectivity index (χ2v) is 6.49. The van der Waals surface area contributed by atoms with E-state index in [0.29, 0.717) is 13.0 Å². The molecule has 1 fully saturated rings. The molecule has 0 radical (unpaired) electrons. The van der Waals surface area contributed by atoms with Crippen LogP contribution >= 0.6 is 0 Å². The van der Waals surface area contributed by atoms with Crippen molar-refractivity contribution in [2.45, 2.75) is 24.5 Å². The van der Waals surface area contributed by atoms with E-state index in [9.17, 15) is 9.59 Å². The molecule has 134 valence electrons. The van der Waals surface area contributed by atoms with Crippen LogP contribution in [0.4, 0.5) is 4.79 Å². The number of aliphatic carboxylic acids is 1. The van der Waals surface area contributed by atoms with Crippen molar-refractivity contribution >= 4 is 12.1 Å². The lowest BCUT2D eigenvalue weighted by Gasteiger charge is -2.18. The predicted octanol–water partition coefficient (Wildman–Crippen LogP) is 2.77. The molecule has 2 aromatic rings. The molecule has 1 aliphatic heterocycles. The normalized spacial score (nSPS) is 21.1. The number of carboxylic acids is 1. The minimum Gasteiger partial charge on any atom is -0.479 e. The Kier molecular flexibility index (Phi) is 4.34. The van der Waals surface area contributed by atoms with Gasteiger partial charge in [0.2, 0.25) is 0 Å². The number of carbonyl (C=O) groups is 2. The zero-order chi connectivity index (χ0) is 18.1. The molecular weight excluding hydrogens is 334 g/mol. The van der Waals surface area contributed by atoms with Gasteiger partial charge in [0.1, 0.15) is 6.61 Å². The number of benzene rings is 2. The number of ether oxygens (including phenoxy) is 2. The van der Waals surface area contributed by atoms with E-state index >= 15 is 0 Å². The summed E-state index contributed by atoms with van der Waals surface area (Å²) in [6, 6.07) is 15.6. The van der Waals surface area contributed by atoms with Crippen LogP contribution in [-0.2, 0) is 14.3 Å². The van der Waals surface area contributed by atoms with Crippen molar-refractivity contribution in [1.29, 1.82) is 0 Å². The number of carbonyl (C=O) groups excluding carboxylic acids is 1. The third kappa shape index (κ3) is 2.93. The zero-order valence-corrected chi connectivity index (χ0v) is 14.1. The molecule has 1 aliphatic carbocycles. The largest absolute Gasteiger partial charge is 0.479 e. The molecule has 0 spiro atoms. The van der Waals surface area contributed by atoms with Gasteiger partial charge < -0.3 is 19.9 Å². The second-order valence-electron chi connectivity index (χ2n) is 6.49. The van der Waals surface area contributed by atoms with Gasteiger partial charge in [-0.05, 0) is 28.7 Å². The Labute approximate surface area is 150 Å². The lowest BCUT2D eigenvalue weighted by molar-refractivity contribution is -0.148. The van der Waals surface area contributed by atoms with Crippen molar-refractivity contribution in [3.05, 3.63) is 59.7 Å². The first-order chi connectivity index (χ1) is 12.6. The van der Waals surface area contributed by atoms with Crippen molar-refractivity contribution in [1.82, 2.24) is 5.32 Å². The Bertz CT molecular complexity index is 804. The first-order valence-electron chi connectivity index (χ1n) is 8.61. The average molecular weight is 353 g/mol. The highest BCUT2D eigenvalue weighted by molar-refractivity contribution is 5.79. The van der Waals surface area contributed by atoms with E-state index in [4.69, 9.17) is 14.6 Å². The van der Waals surface area contributed by atoms with Crippen LogP contribution in [0.3, 0.4) is 0 Å². The van der Waals surface area contributed by atoms with E-state index < -0.39 is 24.2 Å². The molecule has 2 atom stereocenters. The molecule has 0 aromatic heterocycles. The van der Waals surface area contributed by atoms with Gasteiger partial charge in [-0.3, -0.25) is 0 Å². The predicted molar refractivity (Wildman–Crippen MR) is 94.0 cm³/mol. The number of alkyl carbamates (subject to hydrolysis) is 1. The highest BCUT2D eigenvalue weighted by Gasteiger charge is 2.36. The summed E-state index contributed by atoms with van der Waals surface area (Å²) >= 11 is 0. The van der Waals surface area contributed by atoms with Gasteiger partial charge >= 0.3 is 12.1 Å². The standard InChI is InChI=1S/C20H19NO5/c22-19(23)18-17(9-10-25-18)21-20(24)26-11-16-14-7-3-1-5-12(14)13-6-2-4-8-15(13)16/h1-8,16-18H,9-11H2,(H,21,24)(H,22,23)/t17-,18-/m0/s1. The number of carboxylic acid groups (broad SMARTS) is 1. The number of rotatable bonds is 4. The Balaban J connectivity index is 1.45. The van der Waals surface area contributed by atoms with Crippen LogP contribution in [-0.4, -0.2) is 42.5 Å². The minimum absolute atomic E-state index is 0.0248. The van der Waals surface area contributed by atoms with E-state index in [-0.39, 0.29) is 12.5 Å². The van der Waals surface area contributed by atoms with E-state index in [1.807, 2.05) is 36.4 Å². The maximum absolute atomic E-state index is 12.2. The van der Waals surface area contributed by atoms with Crippen molar-refractivity contribution in [2.75, 3.05) is 13.2 Å². The number of amides is 1. The monoisotopic (exact) mass is 353 g/mol. The number of nitrogens with one attached hydrogen (secondary N) is 1. The Morgan fingerprint density at radius 2 is 1.69 bits per heavy atom. The van der Waals surface area contributed by atoms with Gasteiger partial charge in [0.05, 0.1) is 6.04 Å². The number of hydrogen-bond donors (Lipinski definition) is 2. The van der Waals surface area contributed by atoms with Gasteiger partial charge in [0, 0.05) is 12.5 Å². The lowest BCUT2D eigenvalue weighted by atomic mass is 9.98. The summed E-state index contributed by atoms with van der Waals surface area (Å²) < 4.78 is 10.6. The first-order valence-corrected chi connectivity index (χ1v) is 8.61. The third-order valence-electron chi connectivity index (χ3n) is 4.98. The highest BCUT2D eigenvalue weighted by Crippen LogP contribution is 2.44. The summed E-state index contributed by atoms with van der Waals surface area (Å²) in [7, 11) is 0. The van der Waals surface area contributed by atoms with Gasteiger partial charge in [-0.25, -0.2) is 9.59 Å². The quantitative estimate of drug-likeness (QED) is 0.883. The van der Waals surface area contributed by atoms with Crippen LogP contribution in [0.15, 0.2) is 48.5 Å². The molecule has 2 aromatic carbocycles. The van der Waals surface area contributed by atoms with Gasteiger partial charge in [0.15, 0.2) is 6.10 Å². The molecule has 0 saturated carbocycles. The van der Waals surface area contributed by atoms with Crippen LogP contribution in [0.25, 0.3) is 11.1 Å². The van der Waals surface area contributed by atoms with Crippen LogP contribution in [0, 0.1) is 0 Å². The molecule has 4 rings (SSSR count). The fourth-order valence-corrected chi connectivity index (χ4v) is 3.77. The van der Waals surface area contributed by atoms with Gasteiger partial charge in [-0.1, -0.05) is 48.5 Å². The first kappa shape index (κ1) is 16.6. The van der Waals surface area contributed by atoms with E-state index in [1.54, 1.807) is 0 Å². The van der Waals surface area contributed by atoms with Gasteiger partial charge in [-0.2, -0.15) is 0 Å². The second kappa shape index (κ2) is 6.80. The maximum Gasteiger partial charge on any atom is 0.407 e. The molecule has 0 unspecified atom stereocenters. The van der Waals surface area contributed by atoms with Crippen molar-refractivity contribution in [2.24, 2.45) is 0 Å². The molecule has 0 bridgehead atoms. The molecule has 2 N–H and O–H groups in total. The average Bonchev–Trinajstić information content (AvgIpc) is 3.23. The van der Waals surface area contributed by atoms with Crippen LogP contribution in [0.2, 0.25) is 0 Å². The van der Waals surface area contributed by atoms with E-state index in [0.717, 1.165) is 22.3 Å². The fourth-order valence-electron chi connectivity index (χ4n) is 3.77. The van der Waals surface area contributed by atoms with Crippen LogP contribution in [0.5, 0.6) is 0 Å². The van der Waals surface area contributed by atoms with Crippen molar-refractivity contribution in [3.8, 4) is 11.1 Å². The molecule has 1 amide bonds. The summed E-state index contributed by atoms with van der Waals surface area (Å²) in [5.41, 5.74) is 4.59. The Morgan fingerprint density at radius 3 is 2.31 bits per heavy atom. The summed E-state index contributed by atoms with van der Waals surface area (Å²) in [6.07, 6.45) is -1.18. The smallest absolute Gasteiger partial charge is 0.407 e. The molecule has 1 saturated heterocycles. The third-order valence-corrected chi connectivity index (χ3v) is 4.98. The number of fused-ring (bicyclic) bond motifs is 3. The summed E-state index contributed by atoms with van der Waals surface area (Å²) in [5.74, 6) is -1.10. The number of hydrogen-bond acceptors (Lipinski definition) is 4. The highest BCUT2D eigenvalue weighted by atomic mass is 16.6. The SMILES string of the molecule is O=C(N[C@H]1CCO[C@@H]1C(=O)O)OCC1c2ccccc2-c2ccccc21. The fraction of sp³-hybridized carbons (Fsp3) is 0.300. The molecule has 26 heavy (non-hydrogen) atoms. The maximum atomic E-state index is 12.2. The lowest BCUT2D eigenvalue weighted by Crippen LogP contribution is -2.44. The van der Waals surface area contributed by atoms with Gasteiger partial charge in [-0.15, -0.1) is 0 Å². The van der Waals surface area contributed by atoms with E-state index in [2.05, 4.69) is 17.4 Å². The Morgan fingerprint density at radius 1 is 1.08 bits per heavy atom. The molecule has 6 heteroatoms. The topological polar surface area (TPSA) is 84.9 Å². The van der Waals surface area contributed by atoms with Crippen LogP contribution in [0.1, 0.15) is 23.5 Å². The molecule has 1 heterocycles. The van der Waals surface area contributed by atoms with E-state index in [1.165, 1.54) is 0 Å². The summed E-state index contributed by atoms with van der Waals surface area (Å²) in [6.45, 7) is 0.510. The van der Waals surface area contributed by atoms with Crippen molar-refractivity contribution in [3.63, 3.8) is 0 Å². The summed E-state index contributed by atoms with van der Waals surface area (Å²) in [4.78, 5) is 23.3. The van der Waals surface area contributed by atoms with Gasteiger partial charge in [0.25, 0.3) is 0 Å². The van der Waals surface area contributed by atoms with Crippen molar-refractivity contribution < 1.29 is 24.2 Å². The minimum atomic E-state index is -1.08. The molecular formula is C20H19NO5. The Hall–Kier alpha value is -2.86. The molecule has 2 aliphatic rings. The molecule has 6 nitrogen and oxygen atoms in total. The zero-order valence-electron chi connectivity index (χ0n) is 14.1.